The number of carbonyl (C=O) groups is 2. The first-order valence-electron chi connectivity index (χ1n) is 11.6. The van der Waals surface area contributed by atoms with E-state index in [-0.39, 0.29) is 11.8 Å². The lowest BCUT2D eigenvalue weighted by atomic mass is 10.1. The van der Waals surface area contributed by atoms with Crippen LogP contribution in [-0.2, 0) is 4.74 Å². The third-order valence-corrected chi connectivity index (χ3v) is 7.53. The molecule has 1 aliphatic heterocycles. The summed E-state index contributed by atoms with van der Waals surface area (Å²) in [5.41, 5.74) is 5.01. The molecule has 1 fully saturated rings. The number of rotatable bonds is 5. The van der Waals surface area contributed by atoms with Crippen LogP contribution in [0.1, 0.15) is 31.8 Å². The largest absolute Gasteiger partial charge is 0.378 e. The average molecular weight is 486 g/mol. The molecular weight excluding hydrogens is 458 g/mol. The van der Waals surface area contributed by atoms with Gasteiger partial charge in [-0.05, 0) is 54.8 Å². The minimum absolute atomic E-state index is 0.0727. The van der Waals surface area contributed by atoms with E-state index in [2.05, 4.69) is 5.32 Å². The fourth-order valence-corrected chi connectivity index (χ4v) is 5.55. The Morgan fingerprint density at radius 2 is 1.66 bits per heavy atom. The molecule has 0 saturated carbocycles. The number of aryl methyl sites for hydroxylation is 1. The van der Waals surface area contributed by atoms with Gasteiger partial charge in [-0.1, -0.05) is 36.4 Å². The molecule has 3 heterocycles. The zero-order valence-electron chi connectivity index (χ0n) is 19.8. The summed E-state index contributed by atoms with van der Waals surface area (Å²) in [7, 11) is 0. The summed E-state index contributed by atoms with van der Waals surface area (Å²) >= 11 is 1.44. The third kappa shape index (κ3) is 4.65. The molecule has 0 unspecified atom stereocenters. The Morgan fingerprint density at radius 3 is 2.37 bits per heavy atom. The van der Waals surface area contributed by atoms with Gasteiger partial charge in [-0.3, -0.25) is 9.59 Å². The van der Waals surface area contributed by atoms with Crippen LogP contribution >= 0.6 is 11.3 Å². The average Bonchev–Trinajstić information content (AvgIpc) is 3.53. The van der Waals surface area contributed by atoms with Gasteiger partial charge in [0, 0.05) is 41.6 Å². The van der Waals surface area contributed by atoms with Crippen LogP contribution in [0.4, 0.5) is 5.00 Å². The summed E-state index contributed by atoms with van der Waals surface area (Å²) in [6, 6.07) is 19.5. The topological polar surface area (TPSA) is 63.6 Å². The van der Waals surface area contributed by atoms with Crippen molar-refractivity contribution >= 4 is 28.2 Å². The van der Waals surface area contributed by atoms with Crippen molar-refractivity contribution in [2.45, 2.75) is 13.8 Å². The van der Waals surface area contributed by atoms with Crippen molar-refractivity contribution in [1.29, 1.82) is 0 Å². The second kappa shape index (κ2) is 9.90. The number of carbonyl (C=O) groups excluding carboxylic acids is 2. The highest BCUT2D eigenvalue weighted by molar-refractivity contribution is 7.20. The molecule has 0 bridgehead atoms. The number of hydrogen-bond acceptors (Lipinski definition) is 4. The van der Waals surface area contributed by atoms with Crippen LogP contribution in [0.15, 0.2) is 73.1 Å². The van der Waals surface area contributed by atoms with Crippen LogP contribution in [0.3, 0.4) is 0 Å². The maximum Gasteiger partial charge on any atom is 0.257 e. The number of amides is 2. The van der Waals surface area contributed by atoms with Gasteiger partial charge < -0.3 is 19.5 Å². The fourth-order valence-electron chi connectivity index (χ4n) is 4.35. The van der Waals surface area contributed by atoms with Gasteiger partial charge in [0.25, 0.3) is 11.8 Å². The maximum atomic E-state index is 13.6. The Hall–Kier alpha value is -3.68. The van der Waals surface area contributed by atoms with E-state index in [1.54, 1.807) is 4.90 Å². The zero-order chi connectivity index (χ0) is 24.4. The van der Waals surface area contributed by atoms with Gasteiger partial charge in [-0.25, -0.2) is 0 Å². The van der Waals surface area contributed by atoms with Crippen molar-refractivity contribution in [3.05, 3.63) is 95.3 Å². The Balaban J connectivity index is 1.52. The molecular formula is C28H27N3O3S. The minimum atomic E-state index is -0.240. The Bertz CT molecular complexity index is 1350. The fraction of sp³-hybridized carbons (Fsp3) is 0.214. The molecule has 0 spiro atoms. The van der Waals surface area contributed by atoms with E-state index in [9.17, 15) is 9.59 Å². The van der Waals surface area contributed by atoms with E-state index in [0.29, 0.717) is 42.4 Å². The number of ether oxygens (including phenoxy) is 1. The number of thiophene rings is 1. The Kier molecular flexibility index (Phi) is 6.53. The van der Waals surface area contributed by atoms with Gasteiger partial charge in [0.2, 0.25) is 0 Å². The molecule has 1 saturated heterocycles. The predicted octanol–water partition coefficient (Wildman–Crippen LogP) is 5.55. The minimum Gasteiger partial charge on any atom is -0.378 e. The normalized spacial score (nSPS) is 13.6. The first kappa shape index (κ1) is 23.1. The van der Waals surface area contributed by atoms with E-state index in [1.165, 1.54) is 11.3 Å². The van der Waals surface area contributed by atoms with Crippen molar-refractivity contribution in [3.63, 3.8) is 0 Å². The van der Waals surface area contributed by atoms with Crippen LogP contribution in [0.25, 0.3) is 16.1 Å². The van der Waals surface area contributed by atoms with Gasteiger partial charge in [-0.2, -0.15) is 0 Å². The molecule has 0 atom stereocenters. The van der Waals surface area contributed by atoms with Crippen LogP contribution in [0.2, 0.25) is 0 Å². The molecule has 2 amide bonds. The molecule has 1 N–H and O–H groups in total. The predicted molar refractivity (Wildman–Crippen MR) is 140 cm³/mol. The summed E-state index contributed by atoms with van der Waals surface area (Å²) in [5, 5.41) is 3.64. The highest BCUT2D eigenvalue weighted by atomic mass is 32.1. The second-order valence-corrected chi connectivity index (χ2v) is 9.60. The number of aromatic nitrogens is 1. The van der Waals surface area contributed by atoms with Crippen LogP contribution < -0.4 is 5.32 Å². The number of nitrogens with zero attached hydrogens (tertiary/aromatic N) is 2. The van der Waals surface area contributed by atoms with Crippen molar-refractivity contribution in [2.75, 3.05) is 31.6 Å². The number of anilines is 1. The standard InChI is InChI=1S/C28H27N3O3S/c1-19-10-11-22(18-23(19)30-12-6-7-13-30)26(32)29-27-24(28(33)31-14-16-34-17-15-31)20(2)25(35-27)21-8-4-3-5-9-21/h3-13,18H,14-17H2,1-2H3,(H,29,32). The molecule has 178 valence electrons. The molecule has 4 aromatic rings. The quantitative estimate of drug-likeness (QED) is 0.403. The van der Waals surface area contributed by atoms with Crippen molar-refractivity contribution in [2.24, 2.45) is 0 Å². The maximum absolute atomic E-state index is 13.6. The van der Waals surface area contributed by atoms with Crippen LogP contribution in [0.5, 0.6) is 0 Å². The van der Waals surface area contributed by atoms with Crippen molar-refractivity contribution in [3.8, 4) is 16.1 Å². The lowest BCUT2D eigenvalue weighted by molar-refractivity contribution is 0.0303. The molecule has 1 aliphatic rings. The van der Waals surface area contributed by atoms with Crippen molar-refractivity contribution in [1.82, 2.24) is 9.47 Å². The second-order valence-electron chi connectivity index (χ2n) is 8.58. The van der Waals surface area contributed by atoms with Crippen LogP contribution in [0, 0.1) is 13.8 Å². The number of hydrogen-bond donors (Lipinski definition) is 1. The van der Waals surface area contributed by atoms with E-state index in [1.807, 2.05) is 91.5 Å². The highest BCUT2D eigenvalue weighted by Crippen LogP contribution is 2.40. The first-order valence-corrected chi connectivity index (χ1v) is 12.5. The zero-order valence-corrected chi connectivity index (χ0v) is 20.6. The summed E-state index contributed by atoms with van der Waals surface area (Å²) in [5.74, 6) is -0.313. The summed E-state index contributed by atoms with van der Waals surface area (Å²) < 4.78 is 7.42. The first-order chi connectivity index (χ1) is 17.0. The van der Waals surface area contributed by atoms with Gasteiger partial charge in [0.15, 0.2) is 0 Å². The smallest absolute Gasteiger partial charge is 0.257 e. The lowest BCUT2D eigenvalue weighted by Gasteiger charge is -2.27. The van der Waals surface area contributed by atoms with Crippen molar-refractivity contribution < 1.29 is 14.3 Å². The number of nitrogens with one attached hydrogen (secondary N) is 1. The molecule has 6 nitrogen and oxygen atoms in total. The molecule has 2 aromatic heterocycles. The summed E-state index contributed by atoms with van der Waals surface area (Å²) in [4.78, 5) is 29.8. The Labute approximate surface area is 208 Å². The van der Waals surface area contributed by atoms with E-state index in [0.717, 1.165) is 27.3 Å². The molecule has 5 rings (SSSR count). The van der Waals surface area contributed by atoms with E-state index < -0.39 is 0 Å². The summed E-state index contributed by atoms with van der Waals surface area (Å²) in [6.45, 7) is 6.10. The molecule has 2 aromatic carbocycles. The highest BCUT2D eigenvalue weighted by Gasteiger charge is 2.28. The molecule has 35 heavy (non-hydrogen) atoms. The molecule has 0 radical (unpaired) electrons. The lowest BCUT2D eigenvalue weighted by Crippen LogP contribution is -2.41. The third-order valence-electron chi connectivity index (χ3n) is 6.28. The van der Waals surface area contributed by atoms with Crippen LogP contribution in [-0.4, -0.2) is 47.6 Å². The van der Waals surface area contributed by atoms with Gasteiger partial charge in [0.1, 0.15) is 5.00 Å². The Morgan fingerprint density at radius 1 is 0.943 bits per heavy atom. The number of morpholine rings is 1. The monoisotopic (exact) mass is 485 g/mol. The molecule has 0 aliphatic carbocycles. The SMILES string of the molecule is Cc1ccc(C(=O)Nc2sc(-c3ccccc3)c(C)c2C(=O)N2CCOCC2)cc1-n1cccc1. The van der Waals surface area contributed by atoms with Gasteiger partial charge >= 0.3 is 0 Å². The van der Waals surface area contributed by atoms with Gasteiger partial charge in [-0.15, -0.1) is 11.3 Å². The number of benzene rings is 2. The van der Waals surface area contributed by atoms with E-state index in [4.69, 9.17) is 4.74 Å². The molecule has 7 heteroatoms. The van der Waals surface area contributed by atoms with E-state index >= 15 is 0 Å². The summed E-state index contributed by atoms with van der Waals surface area (Å²) in [6.07, 6.45) is 3.91. The van der Waals surface area contributed by atoms with Gasteiger partial charge in [0.05, 0.1) is 18.8 Å².